The first-order chi connectivity index (χ1) is 9.60. The molecule has 0 aliphatic heterocycles. The van der Waals surface area contributed by atoms with E-state index in [-0.39, 0.29) is 11.5 Å². The van der Waals surface area contributed by atoms with Gasteiger partial charge >= 0.3 is 0 Å². The summed E-state index contributed by atoms with van der Waals surface area (Å²) in [6.45, 7) is 2.99. The van der Waals surface area contributed by atoms with Crippen molar-refractivity contribution in [2.24, 2.45) is 16.3 Å². The van der Waals surface area contributed by atoms with Crippen molar-refractivity contribution in [3.05, 3.63) is 29.8 Å². The second-order valence-corrected chi connectivity index (χ2v) is 5.61. The number of rotatable bonds is 7. The van der Waals surface area contributed by atoms with Crippen molar-refractivity contribution in [1.29, 1.82) is 0 Å². The summed E-state index contributed by atoms with van der Waals surface area (Å²) in [5.41, 5.74) is 6.92. The van der Waals surface area contributed by atoms with Gasteiger partial charge in [-0.05, 0) is 31.2 Å². The monoisotopic (exact) mass is 277 g/mol. The smallest absolute Gasteiger partial charge is 0.139 e. The number of methoxy groups -OCH3 is 1. The van der Waals surface area contributed by atoms with Crippen LogP contribution in [-0.4, -0.2) is 24.7 Å². The minimum Gasteiger partial charge on any atom is -0.496 e. The summed E-state index contributed by atoms with van der Waals surface area (Å²) in [5.74, 6) is 1.21. The molecular formula is C15H23N3O2. The number of benzene rings is 1. The maximum absolute atomic E-state index is 8.68. The van der Waals surface area contributed by atoms with Crippen LogP contribution in [0.4, 0.5) is 0 Å². The van der Waals surface area contributed by atoms with Crippen molar-refractivity contribution in [3.8, 4) is 5.75 Å². The summed E-state index contributed by atoms with van der Waals surface area (Å²) in [5, 5.41) is 15.3. The Bertz CT molecular complexity index is 484. The molecule has 4 N–H and O–H groups in total. The van der Waals surface area contributed by atoms with Crippen molar-refractivity contribution in [2.45, 2.75) is 32.2 Å². The number of para-hydroxylation sites is 1. The van der Waals surface area contributed by atoms with E-state index in [1.807, 2.05) is 18.2 Å². The Kier molecular flexibility index (Phi) is 4.49. The molecule has 1 saturated carbocycles. The lowest BCUT2D eigenvalue weighted by Gasteiger charge is -2.21. The number of hydrogen-bond donors (Lipinski definition) is 3. The van der Waals surface area contributed by atoms with Crippen LogP contribution >= 0.6 is 0 Å². The van der Waals surface area contributed by atoms with E-state index in [1.54, 1.807) is 7.11 Å². The normalized spacial score (nSPS) is 18.6. The van der Waals surface area contributed by atoms with Gasteiger partial charge in [-0.1, -0.05) is 23.4 Å². The Hall–Kier alpha value is -1.75. The van der Waals surface area contributed by atoms with Gasteiger partial charge < -0.3 is 21.0 Å². The van der Waals surface area contributed by atoms with Crippen LogP contribution in [0.5, 0.6) is 5.75 Å². The van der Waals surface area contributed by atoms with Crippen LogP contribution < -0.4 is 15.8 Å². The van der Waals surface area contributed by atoms with E-state index in [0.29, 0.717) is 12.3 Å². The zero-order valence-corrected chi connectivity index (χ0v) is 12.1. The Morgan fingerprint density at radius 2 is 2.20 bits per heavy atom. The molecule has 0 saturated heterocycles. The summed E-state index contributed by atoms with van der Waals surface area (Å²) >= 11 is 0. The van der Waals surface area contributed by atoms with Crippen molar-refractivity contribution in [3.63, 3.8) is 0 Å². The maximum atomic E-state index is 8.68. The molecule has 2 rings (SSSR count). The number of hydrogen-bond acceptors (Lipinski definition) is 4. The first-order valence-electron chi connectivity index (χ1n) is 6.93. The van der Waals surface area contributed by atoms with Crippen LogP contribution in [0.3, 0.4) is 0 Å². The van der Waals surface area contributed by atoms with E-state index >= 15 is 0 Å². The molecule has 1 aromatic carbocycles. The highest BCUT2D eigenvalue weighted by Gasteiger charge is 2.43. The van der Waals surface area contributed by atoms with Gasteiger partial charge in [0, 0.05) is 24.6 Å². The predicted molar refractivity (Wildman–Crippen MR) is 79.1 cm³/mol. The maximum Gasteiger partial charge on any atom is 0.139 e. The summed E-state index contributed by atoms with van der Waals surface area (Å²) in [4.78, 5) is 0. The lowest BCUT2D eigenvalue weighted by molar-refractivity contribution is 0.313. The van der Waals surface area contributed by atoms with Gasteiger partial charge in [0.25, 0.3) is 0 Å². The highest BCUT2D eigenvalue weighted by Crippen LogP contribution is 2.48. The number of ether oxygens (including phenoxy) is 1. The van der Waals surface area contributed by atoms with Gasteiger partial charge in [-0.2, -0.15) is 0 Å². The molecular weight excluding hydrogens is 254 g/mol. The molecule has 1 aromatic rings. The van der Waals surface area contributed by atoms with E-state index in [0.717, 1.165) is 30.7 Å². The molecule has 1 fully saturated rings. The third kappa shape index (κ3) is 3.42. The lowest BCUT2D eigenvalue weighted by Crippen LogP contribution is -2.30. The van der Waals surface area contributed by atoms with E-state index < -0.39 is 0 Å². The number of nitrogens with zero attached hydrogens (tertiary/aromatic N) is 1. The van der Waals surface area contributed by atoms with E-state index in [1.165, 1.54) is 0 Å². The van der Waals surface area contributed by atoms with Crippen molar-refractivity contribution >= 4 is 5.84 Å². The third-order valence-corrected chi connectivity index (χ3v) is 4.03. The van der Waals surface area contributed by atoms with Crippen molar-refractivity contribution in [1.82, 2.24) is 5.32 Å². The minimum absolute atomic E-state index is 0.159. The molecule has 0 unspecified atom stereocenters. The summed E-state index contributed by atoms with van der Waals surface area (Å²) in [6.07, 6.45) is 2.89. The molecule has 5 nitrogen and oxygen atoms in total. The molecule has 1 atom stereocenters. The Morgan fingerprint density at radius 1 is 1.50 bits per heavy atom. The molecule has 0 spiro atoms. The Balaban J connectivity index is 1.94. The van der Waals surface area contributed by atoms with Gasteiger partial charge in [-0.15, -0.1) is 0 Å². The van der Waals surface area contributed by atoms with Gasteiger partial charge in [0.1, 0.15) is 11.6 Å². The number of amidine groups is 1. The Morgan fingerprint density at radius 3 is 2.80 bits per heavy atom. The van der Waals surface area contributed by atoms with Gasteiger partial charge in [0.05, 0.1) is 7.11 Å². The molecule has 0 amide bonds. The van der Waals surface area contributed by atoms with Crippen LogP contribution in [0.1, 0.15) is 37.8 Å². The number of oxime groups is 1. The second-order valence-electron chi connectivity index (χ2n) is 5.61. The summed E-state index contributed by atoms with van der Waals surface area (Å²) < 4.78 is 5.38. The lowest BCUT2D eigenvalue weighted by atomic mass is 10.00. The number of nitrogens with one attached hydrogen (secondary N) is 1. The van der Waals surface area contributed by atoms with E-state index in [4.69, 9.17) is 15.7 Å². The standard InChI is InChI=1S/C15H23N3O2/c1-11(12-5-3-4-6-13(12)20-2)17-10-15(7-8-15)9-14(16)18-19/h3-6,11,17,19H,7-10H2,1-2H3,(H2,16,18)/t11-/m1/s1. The Labute approximate surface area is 119 Å². The van der Waals surface area contributed by atoms with Crippen LogP contribution in [0, 0.1) is 5.41 Å². The first kappa shape index (κ1) is 14.7. The summed E-state index contributed by atoms with van der Waals surface area (Å²) in [7, 11) is 1.69. The molecule has 0 aromatic heterocycles. The SMILES string of the molecule is COc1ccccc1[C@@H](C)NCC1(C/C(N)=N/O)CC1. The molecule has 0 bridgehead atoms. The summed E-state index contributed by atoms with van der Waals surface area (Å²) in [6, 6.07) is 8.22. The van der Waals surface area contributed by atoms with Crippen LogP contribution in [0.25, 0.3) is 0 Å². The molecule has 0 radical (unpaired) electrons. The van der Waals surface area contributed by atoms with Crippen LogP contribution in [0.15, 0.2) is 29.4 Å². The topological polar surface area (TPSA) is 79.9 Å². The zero-order valence-electron chi connectivity index (χ0n) is 12.1. The van der Waals surface area contributed by atoms with Gasteiger partial charge in [-0.25, -0.2) is 0 Å². The highest BCUT2D eigenvalue weighted by molar-refractivity contribution is 5.80. The number of nitrogens with two attached hydrogens (primary N) is 1. The molecule has 1 aliphatic carbocycles. The predicted octanol–water partition coefficient (Wildman–Crippen LogP) is 2.26. The second kappa shape index (κ2) is 6.13. The fraction of sp³-hybridized carbons (Fsp3) is 0.533. The van der Waals surface area contributed by atoms with E-state index in [9.17, 15) is 0 Å². The van der Waals surface area contributed by atoms with Crippen molar-refractivity contribution in [2.75, 3.05) is 13.7 Å². The molecule has 5 heteroatoms. The van der Waals surface area contributed by atoms with Gasteiger partial charge in [0.2, 0.25) is 0 Å². The zero-order chi connectivity index (χ0) is 14.6. The average molecular weight is 277 g/mol. The molecule has 1 aliphatic rings. The van der Waals surface area contributed by atoms with Crippen molar-refractivity contribution < 1.29 is 9.94 Å². The van der Waals surface area contributed by atoms with Crippen LogP contribution in [0.2, 0.25) is 0 Å². The van der Waals surface area contributed by atoms with E-state index in [2.05, 4.69) is 23.5 Å². The third-order valence-electron chi connectivity index (χ3n) is 4.03. The first-order valence-corrected chi connectivity index (χ1v) is 6.93. The average Bonchev–Trinajstić information content (AvgIpc) is 3.24. The van der Waals surface area contributed by atoms with Gasteiger partial charge in [-0.3, -0.25) is 0 Å². The minimum atomic E-state index is 0.159. The molecule has 0 heterocycles. The largest absolute Gasteiger partial charge is 0.496 e. The van der Waals surface area contributed by atoms with Gasteiger partial charge in [0.15, 0.2) is 0 Å². The fourth-order valence-corrected chi connectivity index (χ4v) is 2.52. The van der Waals surface area contributed by atoms with Crippen LogP contribution in [-0.2, 0) is 0 Å². The molecule has 110 valence electrons. The fourth-order valence-electron chi connectivity index (χ4n) is 2.52. The highest BCUT2D eigenvalue weighted by atomic mass is 16.5. The molecule has 20 heavy (non-hydrogen) atoms. The quantitative estimate of drug-likeness (QED) is 0.309.